The van der Waals surface area contributed by atoms with Gasteiger partial charge in [-0.2, -0.15) is 0 Å². The highest BCUT2D eigenvalue weighted by molar-refractivity contribution is 5.95. The van der Waals surface area contributed by atoms with E-state index in [0.29, 0.717) is 12.5 Å². The molecule has 3 N–H and O–H groups in total. The van der Waals surface area contributed by atoms with Crippen molar-refractivity contribution in [2.45, 2.75) is 18.8 Å². The molecule has 1 aliphatic rings. The van der Waals surface area contributed by atoms with Crippen LogP contribution < -0.4 is 10.9 Å². The molecule has 1 aliphatic carbocycles. The van der Waals surface area contributed by atoms with E-state index in [1.165, 1.54) is 0 Å². The van der Waals surface area contributed by atoms with E-state index in [0.717, 1.165) is 11.6 Å². The van der Waals surface area contributed by atoms with Crippen LogP contribution in [0.4, 0.5) is 0 Å². The quantitative estimate of drug-likeness (QED) is 0.563. The van der Waals surface area contributed by atoms with Gasteiger partial charge in [0.2, 0.25) is 5.91 Å². The van der Waals surface area contributed by atoms with Crippen LogP contribution in [0.2, 0.25) is 0 Å². The third-order valence-electron chi connectivity index (χ3n) is 3.67. The molecule has 21 heavy (non-hydrogen) atoms. The maximum atomic E-state index is 12.0. The molecule has 2 amide bonds. The lowest BCUT2D eigenvalue weighted by molar-refractivity contribution is -0.131. The fourth-order valence-corrected chi connectivity index (χ4v) is 2.28. The minimum absolute atomic E-state index is 0.205. The number of carbonyl (C=O) groups is 3. The van der Waals surface area contributed by atoms with Gasteiger partial charge in [0.1, 0.15) is 0 Å². The van der Waals surface area contributed by atoms with Crippen LogP contribution >= 0.6 is 0 Å². The van der Waals surface area contributed by atoms with Gasteiger partial charge in [0, 0.05) is 23.5 Å². The lowest BCUT2D eigenvalue weighted by Gasteiger charge is -2.12. The molecule has 0 bridgehead atoms. The smallest absolute Gasteiger partial charge is 0.328 e. The molecule has 0 aromatic heterocycles. The normalized spacial score (nSPS) is 23.6. The van der Waals surface area contributed by atoms with Crippen LogP contribution in [-0.4, -0.2) is 22.9 Å². The van der Waals surface area contributed by atoms with E-state index in [-0.39, 0.29) is 17.2 Å². The first-order valence-corrected chi connectivity index (χ1v) is 6.50. The zero-order valence-electron chi connectivity index (χ0n) is 11.5. The van der Waals surface area contributed by atoms with Crippen molar-refractivity contribution in [3.05, 3.63) is 48.0 Å². The monoisotopic (exact) mass is 288 g/mol. The molecule has 0 saturated heterocycles. The average Bonchev–Trinajstić information content (AvgIpc) is 3.17. The molecule has 110 valence electrons. The summed E-state index contributed by atoms with van der Waals surface area (Å²) in [6, 6.07) is 9.71. The summed E-state index contributed by atoms with van der Waals surface area (Å²) in [6.07, 6.45) is 2.25. The summed E-state index contributed by atoms with van der Waals surface area (Å²) >= 11 is 0. The molecule has 1 aromatic carbocycles. The van der Waals surface area contributed by atoms with E-state index in [2.05, 4.69) is 10.9 Å². The molecule has 0 heterocycles. The van der Waals surface area contributed by atoms with Gasteiger partial charge in [-0.1, -0.05) is 37.3 Å². The van der Waals surface area contributed by atoms with Gasteiger partial charge in [0.25, 0.3) is 5.91 Å². The number of nitrogens with one attached hydrogen (secondary N) is 2. The zero-order valence-corrected chi connectivity index (χ0v) is 11.5. The van der Waals surface area contributed by atoms with Crippen LogP contribution in [0.5, 0.6) is 0 Å². The average molecular weight is 288 g/mol. The van der Waals surface area contributed by atoms with E-state index >= 15 is 0 Å². The number of hydrogen-bond acceptors (Lipinski definition) is 3. The predicted octanol–water partition coefficient (Wildman–Crippen LogP) is 0.752. The Morgan fingerprint density at radius 3 is 2.48 bits per heavy atom. The zero-order chi connectivity index (χ0) is 15.5. The molecule has 1 aromatic rings. The van der Waals surface area contributed by atoms with Gasteiger partial charge in [-0.05, 0) is 12.0 Å². The van der Waals surface area contributed by atoms with Crippen molar-refractivity contribution in [1.82, 2.24) is 10.9 Å². The molecule has 0 radical (unpaired) electrons. The van der Waals surface area contributed by atoms with Crippen molar-refractivity contribution < 1.29 is 19.5 Å². The molecule has 0 unspecified atom stereocenters. The Morgan fingerprint density at radius 1 is 1.19 bits per heavy atom. The number of hydrazine groups is 1. The highest BCUT2D eigenvalue weighted by Gasteiger charge is 2.55. The van der Waals surface area contributed by atoms with Gasteiger partial charge in [0.05, 0.1) is 0 Å². The molecular formula is C15H16N2O4. The molecule has 1 saturated carbocycles. The summed E-state index contributed by atoms with van der Waals surface area (Å²) in [5.41, 5.74) is 5.34. The number of benzene rings is 1. The Hall–Kier alpha value is -2.63. The number of amides is 2. The van der Waals surface area contributed by atoms with E-state index in [1.807, 2.05) is 37.3 Å². The number of carbonyl (C=O) groups excluding carboxylic acids is 2. The fourth-order valence-electron chi connectivity index (χ4n) is 2.28. The van der Waals surface area contributed by atoms with Gasteiger partial charge in [-0.3, -0.25) is 20.4 Å². The van der Waals surface area contributed by atoms with Gasteiger partial charge in [-0.25, -0.2) is 4.79 Å². The number of rotatable bonds is 4. The Morgan fingerprint density at radius 2 is 1.86 bits per heavy atom. The lowest BCUT2D eigenvalue weighted by Crippen LogP contribution is -2.42. The fraction of sp³-hybridized carbons (Fsp3) is 0.267. The molecule has 2 atom stereocenters. The highest BCUT2D eigenvalue weighted by Crippen LogP contribution is 2.53. The highest BCUT2D eigenvalue weighted by atomic mass is 16.4. The minimum atomic E-state index is -1.23. The van der Waals surface area contributed by atoms with Gasteiger partial charge >= 0.3 is 5.97 Å². The van der Waals surface area contributed by atoms with Gasteiger partial charge < -0.3 is 5.11 Å². The summed E-state index contributed by atoms with van der Waals surface area (Å²) < 4.78 is 0. The molecule has 1 fully saturated rings. The third-order valence-corrected chi connectivity index (χ3v) is 3.67. The molecular weight excluding hydrogens is 272 g/mol. The maximum absolute atomic E-state index is 12.0. The van der Waals surface area contributed by atoms with Crippen LogP contribution in [0.25, 0.3) is 0 Å². The van der Waals surface area contributed by atoms with Crippen molar-refractivity contribution in [1.29, 1.82) is 0 Å². The van der Waals surface area contributed by atoms with Crippen LogP contribution in [0.15, 0.2) is 42.5 Å². The van der Waals surface area contributed by atoms with Gasteiger partial charge in [-0.15, -0.1) is 0 Å². The standard InChI is InChI=1S/C15H16N2O4/c1-15(10-5-3-2-4-6-10)9-11(15)14(21)17-16-12(18)7-8-13(19)20/h2-8,11H,9H2,1H3,(H,16,18)(H,17,21)(H,19,20)/b8-7+/t11-,15-/m0/s1. The van der Waals surface area contributed by atoms with E-state index in [4.69, 9.17) is 5.11 Å². The van der Waals surface area contributed by atoms with Crippen LogP contribution in [-0.2, 0) is 19.8 Å². The first kappa shape index (κ1) is 14.8. The number of carboxylic acid groups (broad SMARTS) is 1. The summed E-state index contributed by atoms with van der Waals surface area (Å²) in [6.45, 7) is 2.00. The van der Waals surface area contributed by atoms with Crippen LogP contribution in [0, 0.1) is 5.92 Å². The molecule has 0 aliphatic heterocycles. The first-order chi connectivity index (χ1) is 9.93. The van der Waals surface area contributed by atoms with E-state index in [1.54, 1.807) is 0 Å². The SMILES string of the molecule is C[C@@]1(c2ccccc2)C[C@H]1C(=O)NNC(=O)/C=C/C(=O)O. The van der Waals surface area contributed by atoms with Crippen molar-refractivity contribution in [2.75, 3.05) is 0 Å². The Balaban J connectivity index is 1.86. The lowest BCUT2D eigenvalue weighted by atomic mass is 9.95. The Kier molecular flexibility index (Phi) is 4.07. The third kappa shape index (κ3) is 3.47. The second-order valence-electron chi connectivity index (χ2n) is 5.19. The number of aliphatic carboxylic acids is 1. The summed E-state index contributed by atoms with van der Waals surface area (Å²) in [4.78, 5) is 33.5. The van der Waals surface area contributed by atoms with E-state index < -0.39 is 11.9 Å². The number of hydrogen-bond donors (Lipinski definition) is 3. The summed E-state index contributed by atoms with van der Waals surface area (Å²) in [5, 5.41) is 8.38. The predicted molar refractivity (Wildman–Crippen MR) is 75.0 cm³/mol. The maximum Gasteiger partial charge on any atom is 0.328 e. The largest absolute Gasteiger partial charge is 0.478 e. The van der Waals surface area contributed by atoms with Crippen molar-refractivity contribution >= 4 is 17.8 Å². The van der Waals surface area contributed by atoms with Crippen molar-refractivity contribution in [3.63, 3.8) is 0 Å². The Bertz CT molecular complexity index is 597. The van der Waals surface area contributed by atoms with Crippen LogP contribution in [0.1, 0.15) is 18.9 Å². The molecule has 2 rings (SSSR count). The minimum Gasteiger partial charge on any atom is -0.478 e. The molecule has 0 spiro atoms. The summed E-state index contributed by atoms with van der Waals surface area (Å²) in [5.74, 6) is -2.40. The van der Waals surface area contributed by atoms with Crippen molar-refractivity contribution in [3.8, 4) is 0 Å². The van der Waals surface area contributed by atoms with Gasteiger partial charge in [0.15, 0.2) is 0 Å². The number of carboxylic acids is 1. The summed E-state index contributed by atoms with van der Waals surface area (Å²) in [7, 11) is 0. The second-order valence-corrected chi connectivity index (χ2v) is 5.19. The molecule has 6 nitrogen and oxygen atoms in total. The van der Waals surface area contributed by atoms with Crippen LogP contribution in [0.3, 0.4) is 0 Å². The second kappa shape index (κ2) is 5.78. The molecule has 6 heteroatoms. The Labute approximate surface area is 121 Å². The first-order valence-electron chi connectivity index (χ1n) is 6.50. The van der Waals surface area contributed by atoms with E-state index in [9.17, 15) is 14.4 Å². The van der Waals surface area contributed by atoms with Crippen molar-refractivity contribution in [2.24, 2.45) is 5.92 Å². The topological polar surface area (TPSA) is 95.5 Å².